The highest BCUT2D eigenvalue weighted by Gasteiger charge is 2.07. The van der Waals surface area contributed by atoms with E-state index in [0.29, 0.717) is 17.3 Å². The summed E-state index contributed by atoms with van der Waals surface area (Å²) in [4.78, 5) is 4.31. The predicted octanol–water partition coefficient (Wildman–Crippen LogP) is 4.13. The molecule has 0 radical (unpaired) electrons. The Kier molecular flexibility index (Phi) is 4.22. The number of hydrogen-bond donors (Lipinski definition) is 2. The van der Waals surface area contributed by atoms with Crippen LogP contribution in [0.4, 0.5) is 10.1 Å². The van der Waals surface area contributed by atoms with Gasteiger partial charge in [0.1, 0.15) is 5.82 Å². The largest absolute Gasteiger partial charge is 0.392 e. The van der Waals surface area contributed by atoms with Crippen molar-refractivity contribution < 1.29 is 9.50 Å². The van der Waals surface area contributed by atoms with Gasteiger partial charge in [0.15, 0.2) is 0 Å². The maximum Gasteiger partial charge on any atom is 0.124 e. The monoisotopic (exact) mass is 316 g/mol. The summed E-state index contributed by atoms with van der Waals surface area (Å²) >= 11 is 6.14. The zero-order valence-electron chi connectivity index (χ0n) is 11.7. The van der Waals surface area contributed by atoms with Crippen molar-refractivity contribution in [2.45, 2.75) is 13.2 Å². The summed E-state index contributed by atoms with van der Waals surface area (Å²) in [5.74, 6) is -0.299. The number of benzene rings is 2. The Hall–Kier alpha value is -2.17. The lowest BCUT2D eigenvalue weighted by molar-refractivity contribution is 0.282. The molecule has 112 valence electrons. The van der Waals surface area contributed by atoms with E-state index in [2.05, 4.69) is 10.3 Å². The smallest absolute Gasteiger partial charge is 0.124 e. The number of aliphatic hydroxyl groups excluding tert-OH is 1. The molecule has 0 unspecified atom stereocenters. The van der Waals surface area contributed by atoms with E-state index in [0.717, 1.165) is 22.0 Å². The van der Waals surface area contributed by atoms with Crippen LogP contribution in [-0.4, -0.2) is 10.1 Å². The third-order valence-corrected chi connectivity index (χ3v) is 3.76. The van der Waals surface area contributed by atoms with Gasteiger partial charge in [-0.3, -0.25) is 4.98 Å². The van der Waals surface area contributed by atoms with Crippen molar-refractivity contribution in [3.05, 3.63) is 70.6 Å². The third-order valence-electron chi connectivity index (χ3n) is 3.43. The summed E-state index contributed by atoms with van der Waals surface area (Å²) in [5.41, 5.74) is 2.96. The number of hydrogen-bond acceptors (Lipinski definition) is 3. The van der Waals surface area contributed by atoms with Crippen LogP contribution < -0.4 is 5.32 Å². The van der Waals surface area contributed by atoms with Gasteiger partial charge in [0.05, 0.1) is 22.8 Å². The molecule has 0 aliphatic heterocycles. The summed E-state index contributed by atoms with van der Waals surface area (Å²) in [7, 11) is 0. The van der Waals surface area contributed by atoms with Gasteiger partial charge >= 0.3 is 0 Å². The molecule has 3 rings (SSSR count). The first kappa shape index (κ1) is 14.8. The fourth-order valence-electron chi connectivity index (χ4n) is 2.36. The number of halogens is 2. The van der Waals surface area contributed by atoms with Gasteiger partial charge in [0, 0.05) is 23.7 Å². The predicted molar refractivity (Wildman–Crippen MR) is 86.4 cm³/mol. The first-order chi connectivity index (χ1) is 10.7. The van der Waals surface area contributed by atoms with Crippen molar-refractivity contribution in [2.75, 3.05) is 5.32 Å². The summed E-state index contributed by atoms with van der Waals surface area (Å²) in [6, 6.07) is 11.8. The van der Waals surface area contributed by atoms with Crippen LogP contribution in [0.25, 0.3) is 10.9 Å². The van der Waals surface area contributed by atoms with Gasteiger partial charge in [-0.2, -0.15) is 0 Å². The number of anilines is 1. The van der Waals surface area contributed by atoms with Gasteiger partial charge in [-0.25, -0.2) is 4.39 Å². The number of nitrogens with one attached hydrogen (secondary N) is 1. The number of aliphatic hydroxyl groups is 1. The minimum Gasteiger partial charge on any atom is -0.392 e. The highest BCUT2D eigenvalue weighted by molar-refractivity contribution is 6.33. The molecular weight excluding hydrogens is 303 g/mol. The van der Waals surface area contributed by atoms with Crippen molar-refractivity contribution in [3.8, 4) is 0 Å². The van der Waals surface area contributed by atoms with Gasteiger partial charge in [-0.1, -0.05) is 23.7 Å². The Labute approximate surface area is 132 Å². The van der Waals surface area contributed by atoms with E-state index in [1.165, 1.54) is 12.1 Å². The van der Waals surface area contributed by atoms with Gasteiger partial charge < -0.3 is 10.4 Å². The van der Waals surface area contributed by atoms with E-state index in [9.17, 15) is 9.50 Å². The summed E-state index contributed by atoms with van der Waals surface area (Å²) in [5, 5.41) is 13.7. The third kappa shape index (κ3) is 3.03. The first-order valence-corrected chi connectivity index (χ1v) is 7.21. The van der Waals surface area contributed by atoms with Crippen molar-refractivity contribution in [1.29, 1.82) is 0 Å². The highest BCUT2D eigenvalue weighted by atomic mass is 35.5. The Morgan fingerprint density at radius 3 is 2.86 bits per heavy atom. The topological polar surface area (TPSA) is 45.1 Å². The molecule has 0 atom stereocenters. The van der Waals surface area contributed by atoms with E-state index in [1.54, 1.807) is 30.5 Å². The molecule has 0 aliphatic carbocycles. The Morgan fingerprint density at radius 2 is 2.05 bits per heavy atom. The van der Waals surface area contributed by atoms with E-state index < -0.39 is 0 Å². The van der Waals surface area contributed by atoms with Crippen LogP contribution in [0.3, 0.4) is 0 Å². The molecule has 5 heteroatoms. The Balaban J connectivity index is 1.91. The fourth-order valence-corrected chi connectivity index (χ4v) is 2.54. The van der Waals surface area contributed by atoms with Crippen molar-refractivity contribution in [1.82, 2.24) is 4.98 Å². The molecule has 3 nitrogen and oxygen atoms in total. The molecule has 0 spiro atoms. The SMILES string of the molecule is OCc1ccc(Cl)c(NCc2cc(F)cc3cccnc23)c1. The van der Waals surface area contributed by atoms with Gasteiger partial charge in [0.2, 0.25) is 0 Å². The van der Waals surface area contributed by atoms with Crippen LogP contribution in [0, 0.1) is 5.82 Å². The van der Waals surface area contributed by atoms with Gasteiger partial charge in [0.25, 0.3) is 0 Å². The van der Waals surface area contributed by atoms with Gasteiger partial charge in [-0.15, -0.1) is 0 Å². The maximum absolute atomic E-state index is 13.7. The molecular formula is C17H14ClFN2O. The molecule has 2 aromatic carbocycles. The zero-order valence-corrected chi connectivity index (χ0v) is 12.4. The average molecular weight is 317 g/mol. The highest BCUT2D eigenvalue weighted by Crippen LogP contribution is 2.25. The first-order valence-electron chi connectivity index (χ1n) is 6.83. The van der Waals surface area contributed by atoms with Crippen LogP contribution in [0.5, 0.6) is 0 Å². The second-order valence-corrected chi connectivity index (χ2v) is 5.37. The molecule has 2 N–H and O–H groups in total. The second kappa shape index (κ2) is 6.30. The minimum absolute atomic E-state index is 0.0592. The van der Waals surface area contributed by atoms with E-state index in [1.807, 2.05) is 6.07 Å². The molecule has 0 amide bonds. The maximum atomic E-state index is 13.7. The number of nitrogens with zero attached hydrogens (tertiary/aromatic N) is 1. The fraction of sp³-hybridized carbons (Fsp3) is 0.118. The lowest BCUT2D eigenvalue weighted by Gasteiger charge is -2.11. The van der Waals surface area contributed by atoms with Crippen LogP contribution in [-0.2, 0) is 13.2 Å². The van der Waals surface area contributed by atoms with E-state index >= 15 is 0 Å². The lowest BCUT2D eigenvalue weighted by Crippen LogP contribution is -2.03. The van der Waals surface area contributed by atoms with Gasteiger partial charge in [-0.05, 0) is 35.9 Å². The molecule has 1 aromatic heterocycles. The normalized spacial score (nSPS) is 10.9. The number of fused-ring (bicyclic) bond motifs is 1. The lowest BCUT2D eigenvalue weighted by atomic mass is 10.1. The summed E-state index contributed by atoms with van der Waals surface area (Å²) in [6.07, 6.45) is 1.68. The minimum atomic E-state index is -0.299. The molecule has 0 saturated carbocycles. The molecule has 0 aliphatic rings. The van der Waals surface area contributed by atoms with Crippen molar-refractivity contribution in [3.63, 3.8) is 0 Å². The molecule has 0 saturated heterocycles. The van der Waals surface area contributed by atoms with E-state index in [-0.39, 0.29) is 12.4 Å². The van der Waals surface area contributed by atoms with Crippen molar-refractivity contribution in [2.24, 2.45) is 0 Å². The quantitative estimate of drug-likeness (QED) is 0.760. The zero-order chi connectivity index (χ0) is 15.5. The molecule has 1 heterocycles. The van der Waals surface area contributed by atoms with Crippen LogP contribution in [0.2, 0.25) is 5.02 Å². The molecule has 0 bridgehead atoms. The number of pyridine rings is 1. The molecule has 22 heavy (non-hydrogen) atoms. The number of rotatable bonds is 4. The number of aromatic nitrogens is 1. The molecule has 3 aromatic rings. The van der Waals surface area contributed by atoms with E-state index in [4.69, 9.17) is 11.6 Å². The summed E-state index contributed by atoms with van der Waals surface area (Å²) in [6.45, 7) is 0.330. The van der Waals surface area contributed by atoms with Crippen LogP contribution in [0.1, 0.15) is 11.1 Å². The average Bonchev–Trinajstić information content (AvgIpc) is 2.53. The van der Waals surface area contributed by atoms with Crippen LogP contribution in [0.15, 0.2) is 48.7 Å². The standard InChI is InChI=1S/C17H14ClFN2O/c18-15-4-3-11(10-22)6-16(15)21-9-13-8-14(19)7-12-2-1-5-20-17(12)13/h1-8,21-22H,9-10H2. The Bertz CT molecular complexity index is 823. The van der Waals surface area contributed by atoms with Crippen LogP contribution >= 0.6 is 11.6 Å². The van der Waals surface area contributed by atoms with Crippen molar-refractivity contribution >= 4 is 28.2 Å². The summed E-state index contributed by atoms with van der Waals surface area (Å²) < 4.78 is 13.7. The second-order valence-electron chi connectivity index (χ2n) is 4.97. The molecule has 0 fully saturated rings. The Morgan fingerprint density at radius 1 is 1.18 bits per heavy atom.